The Balaban J connectivity index is 1.70. The van der Waals surface area contributed by atoms with Crippen LogP contribution in [0.3, 0.4) is 0 Å². The molecule has 0 fully saturated rings. The molecule has 0 aliphatic heterocycles. The van der Waals surface area contributed by atoms with Crippen LogP contribution < -0.4 is 10.6 Å². The van der Waals surface area contributed by atoms with E-state index >= 15 is 0 Å². The van der Waals surface area contributed by atoms with Crippen molar-refractivity contribution in [3.05, 3.63) is 82.4 Å². The number of amides is 2. The minimum Gasteiger partial charge on any atom is -0.334 e. The molecule has 4 nitrogen and oxygen atoms in total. The standard InChI is InChI=1S/C20H19ClFN3O/c1-13-10-15(14(2)25(13)19-5-3-4-16(21)11-19)12-23-20(26)24-18-8-6-17(22)7-9-18/h3-11H,12H2,1-2H3,(H2,23,24,26). The molecule has 2 N–H and O–H groups in total. The van der Waals surface area contributed by atoms with Gasteiger partial charge < -0.3 is 15.2 Å². The number of aromatic nitrogens is 1. The van der Waals surface area contributed by atoms with Gasteiger partial charge in [0, 0.05) is 34.3 Å². The van der Waals surface area contributed by atoms with E-state index in [0.29, 0.717) is 17.3 Å². The summed E-state index contributed by atoms with van der Waals surface area (Å²) < 4.78 is 15.0. The topological polar surface area (TPSA) is 46.1 Å². The van der Waals surface area contributed by atoms with E-state index in [0.717, 1.165) is 22.6 Å². The zero-order valence-electron chi connectivity index (χ0n) is 14.5. The number of carbonyl (C=O) groups excluding carboxylic acids is 1. The fraction of sp³-hybridized carbons (Fsp3) is 0.150. The van der Waals surface area contributed by atoms with E-state index in [-0.39, 0.29) is 11.8 Å². The van der Waals surface area contributed by atoms with Gasteiger partial charge in [-0.25, -0.2) is 9.18 Å². The maximum atomic E-state index is 12.9. The molecule has 1 aromatic heterocycles. The maximum absolute atomic E-state index is 12.9. The van der Waals surface area contributed by atoms with Crippen LogP contribution in [0.5, 0.6) is 0 Å². The summed E-state index contributed by atoms with van der Waals surface area (Å²) in [5.41, 5.74) is 4.62. The van der Waals surface area contributed by atoms with Crippen LogP contribution in [0.4, 0.5) is 14.9 Å². The van der Waals surface area contributed by atoms with Crippen LogP contribution in [0.1, 0.15) is 17.0 Å². The smallest absolute Gasteiger partial charge is 0.319 e. The number of carbonyl (C=O) groups is 1. The summed E-state index contributed by atoms with van der Waals surface area (Å²) in [6.07, 6.45) is 0. The van der Waals surface area contributed by atoms with Crippen molar-refractivity contribution in [3.8, 4) is 5.69 Å². The predicted molar refractivity (Wildman–Crippen MR) is 103 cm³/mol. The molecule has 0 atom stereocenters. The van der Waals surface area contributed by atoms with Crippen LogP contribution in [0, 0.1) is 19.7 Å². The molecular weight excluding hydrogens is 353 g/mol. The van der Waals surface area contributed by atoms with Crippen LogP contribution in [-0.4, -0.2) is 10.6 Å². The Morgan fingerprint density at radius 2 is 1.85 bits per heavy atom. The number of urea groups is 1. The summed E-state index contributed by atoms with van der Waals surface area (Å²) in [5, 5.41) is 6.18. The second kappa shape index (κ2) is 7.62. The molecule has 2 aromatic carbocycles. The van der Waals surface area contributed by atoms with Crippen LogP contribution >= 0.6 is 11.6 Å². The van der Waals surface area contributed by atoms with Gasteiger partial charge in [-0.2, -0.15) is 0 Å². The Morgan fingerprint density at radius 3 is 2.54 bits per heavy atom. The van der Waals surface area contributed by atoms with Crippen molar-refractivity contribution in [3.63, 3.8) is 0 Å². The van der Waals surface area contributed by atoms with Crippen LogP contribution in [0.2, 0.25) is 5.02 Å². The number of aryl methyl sites for hydroxylation is 1. The number of anilines is 1. The molecule has 26 heavy (non-hydrogen) atoms. The number of hydrogen-bond donors (Lipinski definition) is 2. The van der Waals surface area contributed by atoms with E-state index in [4.69, 9.17) is 11.6 Å². The lowest BCUT2D eigenvalue weighted by molar-refractivity contribution is 0.251. The molecule has 0 spiro atoms. The van der Waals surface area contributed by atoms with Crippen molar-refractivity contribution < 1.29 is 9.18 Å². The van der Waals surface area contributed by atoms with Gasteiger partial charge in [-0.3, -0.25) is 0 Å². The van der Waals surface area contributed by atoms with E-state index < -0.39 is 0 Å². The Morgan fingerprint density at radius 1 is 1.12 bits per heavy atom. The zero-order chi connectivity index (χ0) is 18.7. The summed E-state index contributed by atoms with van der Waals surface area (Å²) in [5.74, 6) is -0.343. The van der Waals surface area contributed by atoms with E-state index in [9.17, 15) is 9.18 Å². The van der Waals surface area contributed by atoms with E-state index in [1.807, 2.05) is 44.2 Å². The highest BCUT2D eigenvalue weighted by Crippen LogP contribution is 2.23. The molecule has 1 heterocycles. The lowest BCUT2D eigenvalue weighted by Crippen LogP contribution is -2.28. The summed E-state index contributed by atoms with van der Waals surface area (Å²) >= 11 is 6.09. The number of nitrogens with zero attached hydrogens (tertiary/aromatic N) is 1. The van der Waals surface area contributed by atoms with Gasteiger partial charge in [0.2, 0.25) is 0 Å². The van der Waals surface area contributed by atoms with Gasteiger partial charge in [0.05, 0.1) is 0 Å². The van der Waals surface area contributed by atoms with Crippen LogP contribution in [0.25, 0.3) is 5.69 Å². The highest BCUT2D eigenvalue weighted by molar-refractivity contribution is 6.30. The SMILES string of the molecule is Cc1cc(CNC(=O)Nc2ccc(F)cc2)c(C)n1-c1cccc(Cl)c1. The molecular formula is C20H19ClFN3O. The third-order valence-corrected chi connectivity index (χ3v) is 4.38. The quantitative estimate of drug-likeness (QED) is 0.649. The Bertz CT molecular complexity index is 935. The van der Waals surface area contributed by atoms with Gasteiger partial charge in [0.1, 0.15) is 5.82 Å². The molecule has 134 valence electrons. The van der Waals surface area contributed by atoms with Crippen molar-refractivity contribution in [2.24, 2.45) is 0 Å². The first kappa shape index (κ1) is 18.0. The molecule has 3 aromatic rings. The summed E-state index contributed by atoms with van der Waals surface area (Å²) in [6, 6.07) is 15.0. The van der Waals surface area contributed by atoms with E-state index in [1.165, 1.54) is 24.3 Å². The van der Waals surface area contributed by atoms with Crippen molar-refractivity contribution in [2.45, 2.75) is 20.4 Å². The third-order valence-electron chi connectivity index (χ3n) is 4.14. The monoisotopic (exact) mass is 371 g/mol. The number of benzene rings is 2. The van der Waals surface area contributed by atoms with Crippen molar-refractivity contribution in [1.82, 2.24) is 9.88 Å². The number of rotatable bonds is 4. The first-order chi connectivity index (χ1) is 12.4. The molecule has 0 saturated carbocycles. The first-order valence-electron chi connectivity index (χ1n) is 8.18. The molecule has 0 aliphatic rings. The molecule has 0 radical (unpaired) electrons. The van der Waals surface area contributed by atoms with Crippen molar-refractivity contribution >= 4 is 23.3 Å². The van der Waals surface area contributed by atoms with Gasteiger partial charge in [0.15, 0.2) is 0 Å². The molecule has 0 saturated heterocycles. The fourth-order valence-electron chi connectivity index (χ4n) is 2.90. The minimum absolute atomic E-state index is 0.343. The van der Waals surface area contributed by atoms with Gasteiger partial charge >= 0.3 is 6.03 Å². The summed E-state index contributed by atoms with van der Waals surface area (Å²) in [7, 11) is 0. The summed E-state index contributed by atoms with van der Waals surface area (Å²) in [6.45, 7) is 4.39. The Hall–Kier alpha value is -2.79. The largest absolute Gasteiger partial charge is 0.334 e. The average molecular weight is 372 g/mol. The zero-order valence-corrected chi connectivity index (χ0v) is 15.3. The second-order valence-corrected chi connectivity index (χ2v) is 6.46. The lowest BCUT2D eigenvalue weighted by Gasteiger charge is -2.11. The molecule has 6 heteroatoms. The maximum Gasteiger partial charge on any atom is 0.319 e. The highest BCUT2D eigenvalue weighted by Gasteiger charge is 2.12. The number of hydrogen-bond acceptors (Lipinski definition) is 1. The first-order valence-corrected chi connectivity index (χ1v) is 8.56. The average Bonchev–Trinajstić information content (AvgIpc) is 2.89. The minimum atomic E-state index is -0.343. The van der Waals surface area contributed by atoms with E-state index in [1.54, 1.807) is 0 Å². The number of nitrogens with one attached hydrogen (secondary N) is 2. The number of halogens is 2. The highest BCUT2D eigenvalue weighted by atomic mass is 35.5. The van der Waals surface area contributed by atoms with Crippen LogP contribution in [0.15, 0.2) is 54.6 Å². The molecule has 0 aliphatic carbocycles. The second-order valence-electron chi connectivity index (χ2n) is 6.03. The molecule has 0 unspecified atom stereocenters. The lowest BCUT2D eigenvalue weighted by atomic mass is 10.2. The van der Waals surface area contributed by atoms with Gasteiger partial charge in [0.25, 0.3) is 0 Å². The molecule has 3 rings (SSSR count). The Kier molecular flexibility index (Phi) is 5.28. The normalized spacial score (nSPS) is 10.6. The molecule has 2 amide bonds. The van der Waals surface area contributed by atoms with Gasteiger partial charge in [-0.05, 0) is 67.9 Å². The van der Waals surface area contributed by atoms with Crippen molar-refractivity contribution in [1.29, 1.82) is 0 Å². The van der Waals surface area contributed by atoms with Gasteiger partial charge in [-0.15, -0.1) is 0 Å². The molecule has 0 bridgehead atoms. The van der Waals surface area contributed by atoms with Crippen molar-refractivity contribution in [2.75, 3.05) is 5.32 Å². The van der Waals surface area contributed by atoms with E-state index in [2.05, 4.69) is 15.2 Å². The third kappa shape index (κ3) is 4.06. The fourth-order valence-corrected chi connectivity index (χ4v) is 3.09. The van der Waals surface area contributed by atoms with Crippen LogP contribution in [-0.2, 0) is 6.54 Å². The summed E-state index contributed by atoms with van der Waals surface area (Å²) in [4.78, 5) is 12.0. The van der Waals surface area contributed by atoms with Gasteiger partial charge in [-0.1, -0.05) is 17.7 Å². The Labute approximate surface area is 156 Å². The predicted octanol–water partition coefficient (Wildman–Crippen LogP) is 5.21.